The topological polar surface area (TPSA) is 78.9 Å². The monoisotopic (exact) mass is 244 g/mol. The van der Waals surface area contributed by atoms with Crippen molar-refractivity contribution < 1.29 is 19.4 Å². The van der Waals surface area contributed by atoms with E-state index in [1.165, 1.54) is 0 Å². The number of carboxylic acid groups (broad SMARTS) is 1. The highest BCUT2D eigenvalue weighted by atomic mass is 16.5. The largest absolute Gasteiger partial charge is 0.480 e. The van der Waals surface area contributed by atoms with E-state index in [2.05, 4.69) is 5.32 Å². The van der Waals surface area contributed by atoms with E-state index in [4.69, 9.17) is 9.84 Å². The van der Waals surface area contributed by atoms with E-state index >= 15 is 0 Å². The lowest BCUT2D eigenvalue weighted by Crippen LogP contribution is -2.52. The van der Waals surface area contributed by atoms with Gasteiger partial charge < -0.3 is 14.7 Å². The number of ether oxygens (including phenoxy) is 1. The Kier molecular flexibility index (Phi) is 5.37. The molecule has 1 rings (SSSR count). The maximum Gasteiger partial charge on any atom is 0.320 e. The van der Waals surface area contributed by atoms with Gasteiger partial charge in [0.05, 0.1) is 19.3 Å². The second kappa shape index (κ2) is 6.56. The molecule has 1 amide bonds. The molecule has 0 aromatic rings. The summed E-state index contributed by atoms with van der Waals surface area (Å²) in [6.07, 6.45) is 0.454. The van der Waals surface area contributed by atoms with Gasteiger partial charge in [-0.3, -0.25) is 14.9 Å². The van der Waals surface area contributed by atoms with Crippen molar-refractivity contribution in [1.29, 1.82) is 0 Å². The van der Waals surface area contributed by atoms with Gasteiger partial charge in [0.1, 0.15) is 6.04 Å². The van der Waals surface area contributed by atoms with Crippen molar-refractivity contribution in [2.45, 2.75) is 32.4 Å². The Morgan fingerprint density at radius 2 is 2.00 bits per heavy atom. The van der Waals surface area contributed by atoms with Gasteiger partial charge in [0.2, 0.25) is 5.91 Å². The quantitative estimate of drug-likeness (QED) is 0.693. The summed E-state index contributed by atoms with van der Waals surface area (Å²) in [5.74, 6) is -0.984. The zero-order chi connectivity index (χ0) is 12.8. The summed E-state index contributed by atoms with van der Waals surface area (Å²) in [4.78, 5) is 24.5. The molecule has 6 nitrogen and oxygen atoms in total. The fourth-order valence-corrected chi connectivity index (χ4v) is 1.79. The number of nitrogens with one attached hydrogen (secondary N) is 1. The summed E-state index contributed by atoms with van der Waals surface area (Å²) >= 11 is 0. The molecule has 0 aromatic carbocycles. The summed E-state index contributed by atoms with van der Waals surface area (Å²) in [6, 6.07) is -1.15. The van der Waals surface area contributed by atoms with Gasteiger partial charge in [0.25, 0.3) is 0 Å². The maximum absolute atomic E-state index is 12.0. The highest BCUT2D eigenvalue weighted by molar-refractivity contribution is 5.83. The number of nitrogens with zero attached hydrogens (tertiary/aromatic N) is 1. The average Bonchev–Trinajstić information content (AvgIpc) is 2.35. The Hall–Kier alpha value is -1.14. The van der Waals surface area contributed by atoms with E-state index in [9.17, 15) is 9.59 Å². The third-order valence-electron chi connectivity index (χ3n) is 2.85. The van der Waals surface area contributed by atoms with E-state index in [0.717, 1.165) is 0 Å². The van der Waals surface area contributed by atoms with Crippen LogP contribution in [0.1, 0.15) is 20.3 Å². The van der Waals surface area contributed by atoms with Crippen LogP contribution in [0.4, 0.5) is 0 Å². The van der Waals surface area contributed by atoms with Crippen LogP contribution in [-0.2, 0) is 14.3 Å². The van der Waals surface area contributed by atoms with Crippen molar-refractivity contribution >= 4 is 11.9 Å². The van der Waals surface area contributed by atoms with Crippen molar-refractivity contribution in [2.75, 3.05) is 26.3 Å². The number of aliphatic carboxylic acids is 1. The molecule has 2 atom stereocenters. The van der Waals surface area contributed by atoms with E-state index in [0.29, 0.717) is 32.7 Å². The molecule has 1 heterocycles. The van der Waals surface area contributed by atoms with Crippen LogP contribution in [0.15, 0.2) is 0 Å². The molecule has 98 valence electrons. The average molecular weight is 244 g/mol. The van der Waals surface area contributed by atoms with Crippen LogP contribution in [0.2, 0.25) is 0 Å². The zero-order valence-corrected chi connectivity index (χ0v) is 10.3. The minimum absolute atomic E-state index is 0.0620. The minimum atomic E-state index is -0.922. The van der Waals surface area contributed by atoms with Crippen molar-refractivity contribution in [3.8, 4) is 0 Å². The van der Waals surface area contributed by atoms with Gasteiger partial charge in [-0.2, -0.15) is 0 Å². The molecule has 2 unspecified atom stereocenters. The Morgan fingerprint density at radius 3 is 2.47 bits per heavy atom. The lowest BCUT2D eigenvalue weighted by molar-refractivity contribution is -0.141. The first kappa shape index (κ1) is 13.9. The van der Waals surface area contributed by atoms with Crippen LogP contribution >= 0.6 is 0 Å². The molecule has 2 N–H and O–H groups in total. The Morgan fingerprint density at radius 1 is 1.41 bits per heavy atom. The number of carbonyl (C=O) groups is 2. The van der Waals surface area contributed by atoms with Crippen LogP contribution in [0.3, 0.4) is 0 Å². The lowest BCUT2D eigenvalue weighted by atomic mass is 10.2. The zero-order valence-electron chi connectivity index (χ0n) is 10.3. The predicted molar refractivity (Wildman–Crippen MR) is 61.7 cm³/mol. The number of rotatable bonds is 5. The Bertz CT molecular complexity index is 277. The molecule has 6 heteroatoms. The summed E-state index contributed by atoms with van der Waals surface area (Å²) in [5, 5.41) is 11.7. The number of morpholine rings is 1. The maximum atomic E-state index is 12.0. The third-order valence-corrected chi connectivity index (χ3v) is 2.85. The van der Waals surface area contributed by atoms with Gasteiger partial charge in [0.15, 0.2) is 0 Å². The molecule has 0 aliphatic carbocycles. The summed E-state index contributed by atoms with van der Waals surface area (Å²) in [5.41, 5.74) is 0. The highest BCUT2D eigenvalue weighted by Gasteiger charge is 2.26. The molecular formula is C11H20N2O4. The van der Waals surface area contributed by atoms with Crippen LogP contribution in [-0.4, -0.2) is 60.3 Å². The standard InChI is InChI=1S/C11H20N2O4/c1-3-9(11(15)16)12-8(2)10(14)13-4-6-17-7-5-13/h8-9,12H,3-7H2,1-2H3,(H,15,16). The molecule has 1 aliphatic rings. The molecular weight excluding hydrogens is 224 g/mol. The minimum Gasteiger partial charge on any atom is -0.480 e. The van der Waals surface area contributed by atoms with Gasteiger partial charge in [-0.15, -0.1) is 0 Å². The highest BCUT2D eigenvalue weighted by Crippen LogP contribution is 2.02. The predicted octanol–water partition coefficient (Wildman–Crippen LogP) is -0.313. The second-order valence-electron chi connectivity index (χ2n) is 4.13. The summed E-state index contributed by atoms with van der Waals surface area (Å²) in [7, 11) is 0. The van der Waals surface area contributed by atoms with Gasteiger partial charge in [-0.25, -0.2) is 0 Å². The molecule has 0 radical (unpaired) electrons. The van der Waals surface area contributed by atoms with E-state index in [1.54, 1.807) is 18.7 Å². The summed E-state index contributed by atoms with van der Waals surface area (Å²) < 4.78 is 5.16. The van der Waals surface area contributed by atoms with E-state index in [-0.39, 0.29) is 5.91 Å². The molecule has 1 saturated heterocycles. The molecule has 1 aliphatic heterocycles. The number of hydrogen-bond acceptors (Lipinski definition) is 4. The first-order valence-corrected chi connectivity index (χ1v) is 5.91. The number of hydrogen-bond donors (Lipinski definition) is 2. The SMILES string of the molecule is CCC(NC(C)C(=O)N1CCOCC1)C(=O)O. The van der Waals surface area contributed by atoms with Crippen molar-refractivity contribution in [1.82, 2.24) is 10.2 Å². The van der Waals surface area contributed by atoms with Crippen molar-refractivity contribution in [2.24, 2.45) is 0 Å². The molecule has 0 saturated carbocycles. The fraction of sp³-hybridized carbons (Fsp3) is 0.818. The fourth-order valence-electron chi connectivity index (χ4n) is 1.79. The molecule has 17 heavy (non-hydrogen) atoms. The second-order valence-corrected chi connectivity index (χ2v) is 4.13. The Balaban J connectivity index is 2.47. The smallest absolute Gasteiger partial charge is 0.320 e. The first-order valence-electron chi connectivity index (χ1n) is 5.91. The number of carbonyl (C=O) groups excluding carboxylic acids is 1. The lowest BCUT2D eigenvalue weighted by Gasteiger charge is -2.30. The van der Waals surface area contributed by atoms with Gasteiger partial charge >= 0.3 is 5.97 Å². The van der Waals surface area contributed by atoms with E-state index in [1.807, 2.05) is 0 Å². The van der Waals surface area contributed by atoms with E-state index < -0.39 is 18.1 Å². The molecule has 0 aromatic heterocycles. The Labute approximate surface area is 101 Å². The van der Waals surface area contributed by atoms with Crippen LogP contribution in [0.5, 0.6) is 0 Å². The van der Waals surface area contributed by atoms with Gasteiger partial charge in [-0.05, 0) is 13.3 Å². The molecule has 1 fully saturated rings. The summed E-state index contributed by atoms with van der Waals surface area (Å²) in [6.45, 7) is 5.73. The normalized spacial score (nSPS) is 19.8. The van der Waals surface area contributed by atoms with Crippen LogP contribution in [0.25, 0.3) is 0 Å². The van der Waals surface area contributed by atoms with Crippen LogP contribution in [0, 0.1) is 0 Å². The third kappa shape index (κ3) is 3.98. The van der Waals surface area contributed by atoms with Crippen molar-refractivity contribution in [3.63, 3.8) is 0 Å². The molecule has 0 spiro atoms. The van der Waals surface area contributed by atoms with Gasteiger partial charge in [-0.1, -0.05) is 6.92 Å². The van der Waals surface area contributed by atoms with Gasteiger partial charge in [0, 0.05) is 13.1 Å². The van der Waals surface area contributed by atoms with Crippen molar-refractivity contribution in [3.05, 3.63) is 0 Å². The number of carboxylic acids is 1. The molecule has 0 bridgehead atoms. The first-order chi connectivity index (χ1) is 8.06. The van der Waals surface area contributed by atoms with Crippen LogP contribution < -0.4 is 5.32 Å². The number of amides is 1.